The summed E-state index contributed by atoms with van der Waals surface area (Å²) in [6.45, 7) is 0. The molecule has 0 fully saturated rings. The van der Waals surface area contributed by atoms with E-state index >= 15 is 0 Å². The van der Waals surface area contributed by atoms with E-state index < -0.39 is 6.04 Å². The highest BCUT2D eigenvalue weighted by atomic mass is 35.5. The number of halogens is 1. The zero-order chi connectivity index (χ0) is 27.6. The molecule has 0 aliphatic heterocycles. The van der Waals surface area contributed by atoms with Crippen molar-refractivity contribution in [1.82, 2.24) is 5.32 Å². The van der Waals surface area contributed by atoms with Gasteiger partial charge in [-0.15, -0.1) is 0 Å². The van der Waals surface area contributed by atoms with Crippen molar-refractivity contribution in [2.45, 2.75) is 18.9 Å². The predicted molar refractivity (Wildman–Crippen MR) is 149 cm³/mol. The molecule has 38 heavy (non-hydrogen) atoms. The third kappa shape index (κ3) is 4.84. The molecule has 1 N–H and O–H groups in total. The molecule has 0 unspecified atom stereocenters. The number of methoxy groups -OCH3 is 4. The number of benzene rings is 2. The Morgan fingerprint density at radius 1 is 0.921 bits per heavy atom. The molecule has 3 aromatic rings. The van der Waals surface area contributed by atoms with Gasteiger partial charge >= 0.3 is 0 Å². The summed E-state index contributed by atoms with van der Waals surface area (Å²) in [6, 6.07) is 11.7. The molecule has 0 aromatic heterocycles. The van der Waals surface area contributed by atoms with Crippen LogP contribution in [0.3, 0.4) is 0 Å². The van der Waals surface area contributed by atoms with Gasteiger partial charge in [0.2, 0.25) is 11.2 Å². The smallest absolute Gasteiger partial charge is 0.251 e. The van der Waals surface area contributed by atoms with Crippen LogP contribution in [0.15, 0.2) is 47.3 Å². The van der Waals surface area contributed by atoms with E-state index in [1.807, 2.05) is 31.1 Å². The Kier molecular flexibility index (Phi) is 8.02. The number of carbonyl (C=O) groups is 1. The molecular weight excluding hydrogens is 508 g/mol. The maximum Gasteiger partial charge on any atom is 0.251 e. The lowest BCUT2D eigenvalue weighted by molar-refractivity contribution is 0.0935. The van der Waals surface area contributed by atoms with Gasteiger partial charge in [-0.2, -0.15) is 0 Å². The number of hydrogen-bond donors (Lipinski definition) is 1. The molecular formula is C29H31ClN2O6. The predicted octanol–water partition coefficient (Wildman–Crippen LogP) is 4.88. The van der Waals surface area contributed by atoms with Crippen molar-refractivity contribution in [3.05, 3.63) is 74.4 Å². The zero-order valence-corrected chi connectivity index (χ0v) is 23.1. The van der Waals surface area contributed by atoms with Gasteiger partial charge in [0.1, 0.15) is 0 Å². The fourth-order valence-electron chi connectivity index (χ4n) is 4.84. The van der Waals surface area contributed by atoms with Crippen LogP contribution in [0.1, 0.15) is 33.9 Å². The summed E-state index contributed by atoms with van der Waals surface area (Å²) < 4.78 is 22.3. The molecule has 0 saturated heterocycles. The van der Waals surface area contributed by atoms with Crippen molar-refractivity contribution < 1.29 is 23.7 Å². The summed E-state index contributed by atoms with van der Waals surface area (Å²) in [5.41, 5.74) is 3.93. The number of anilines is 1. The van der Waals surface area contributed by atoms with Crippen molar-refractivity contribution >= 4 is 23.2 Å². The van der Waals surface area contributed by atoms with Crippen LogP contribution in [-0.2, 0) is 6.42 Å². The molecule has 8 nitrogen and oxygen atoms in total. The molecule has 1 aliphatic rings. The van der Waals surface area contributed by atoms with Gasteiger partial charge in [0, 0.05) is 30.9 Å². The van der Waals surface area contributed by atoms with Crippen molar-refractivity contribution in [3.63, 3.8) is 0 Å². The third-order valence-electron chi connectivity index (χ3n) is 6.76. The molecule has 0 bridgehead atoms. The lowest BCUT2D eigenvalue weighted by Gasteiger charge is -2.21. The van der Waals surface area contributed by atoms with Gasteiger partial charge in [-0.3, -0.25) is 9.59 Å². The summed E-state index contributed by atoms with van der Waals surface area (Å²) in [7, 11) is 9.88. The van der Waals surface area contributed by atoms with Gasteiger partial charge in [0.15, 0.2) is 17.2 Å². The fourth-order valence-corrected chi connectivity index (χ4v) is 5.19. The van der Waals surface area contributed by atoms with Crippen LogP contribution < -0.4 is 34.6 Å². The maximum atomic E-state index is 13.3. The monoisotopic (exact) mass is 538 g/mol. The highest BCUT2D eigenvalue weighted by Crippen LogP contribution is 2.54. The number of rotatable bonds is 7. The first-order chi connectivity index (χ1) is 18.2. The van der Waals surface area contributed by atoms with Gasteiger partial charge in [-0.05, 0) is 65.9 Å². The molecule has 4 rings (SSSR count). The van der Waals surface area contributed by atoms with Gasteiger partial charge in [0.05, 0.1) is 39.5 Å². The van der Waals surface area contributed by atoms with Crippen molar-refractivity contribution in [2.75, 3.05) is 47.4 Å². The number of nitrogens with one attached hydrogen (secondary N) is 1. The largest absolute Gasteiger partial charge is 0.493 e. The number of hydrogen-bond acceptors (Lipinski definition) is 7. The molecule has 0 heterocycles. The molecule has 0 radical (unpaired) electrons. The Morgan fingerprint density at radius 3 is 2.16 bits per heavy atom. The Balaban J connectivity index is 1.91. The van der Waals surface area contributed by atoms with E-state index in [1.165, 1.54) is 34.5 Å². The normalized spacial score (nSPS) is 13.9. The van der Waals surface area contributed by atoms with E-state index in [0.29, 0.717) is 57.4 Å². The number of fused-ring (bicyclic) bond motifs is 3. The van der Waals surface area contributed by atoms with E-state index in [4.69, 9.17) is 30.5 Å². The van der Waals surface area contributed by atoms with Gasteiger partial charge in [0.25, 0.3) is 5.91 Å². The van der Waals surface area contributed by atoms with E-state index in [-0.39, 0.29) is 17.1 Å². The average Bonchev–Trinajstić information content (AvgIpc) is 3.17. The Labute approximate surface area is 227 Å². The van der Waals surface area contributed by atoms with E-state index in [0.717, 1.165) is 11.3 Å². The zero-order valence-electron chi connectivity index (χ0n) is 22.3. The van der Waals surface area contributed by atoms with Crippen molar-refractivity contribution in [1.29, 1.82) is 0 Å². The van der Waals surface area contributed by atoms with E-state index in [2.05, 4.69) is 5.32 Å². The van der Waals surface area contributed by atoms with E-state index in [9.17, 15) is 9.59 Å². The number of nitrogens with zero attached hydrogens (tertiary/aromatic N) is 1. The van der Waals surface area contributed by atoms with Crippen molar-refractivity contribution in [3.8, 4) is 34.1 Å². The summed E-state index contributed by atoms with van der Waals surface area (Å²) >= 11 is 6.85. The first kappa shape index (κ1) is 27.1. The highest BCUT2D eigenvalue weighted by molar-refractivity contribution is 6.34. The molecule has 9 heteroatoms. The number of ether oxygens (including phenoxy) is 4. The molecule has 3 aromatic carbocycles. The lowest BCUT2D eigenvalue weighted by atomic mass is 9.95. The summed E-state index contributed by atoms with van der Waals surface area (Å²) in [5.74, 6) is 1.05. The topological polar surface area (TPSA) is 86.3 Å². The van der Waals surface area contributed by atoms with Gasteiger partial charge in [-0.1, -0.05) is 17.7 Å². The number of amides is 1. The highest BCUT2D eigenvalue weighted by Gasteiger charge is 2.32. The first-order valence-corrected chi connectivity index (χ1v) is 12.4. The quantitative estimate of drug-likeness (QED) is 0.458. The third-order valence-corrected chi connectivity index (χ3v) is 7.16. The van der Waals surface area contributed by atoms with Crippen LogP contribution in [0.25, 0.3) is 11.1 Å². The maximum absolute atomic E-state index is 13.3. The average molecular weight is 539 g/mol. The van der Waals surface area contributed by atoms with E-state index in [1.54, 1.807) is 24.3 Å². The summed E-state index contributed by atoms with van der Waals surface area (Å²) in [4.78, 5) is 28.4. The van der Waals surface area contributed by atoms with Crippen LogP contribution in [-0.4, -0.2) is 48.4 Å². The SMILES string of the molecule is COc1c(Cl)c2c(c(OC)c1OC)-c1ccc(OC)c(=O)cc1[C@@H](NC(=O)c1ccc(N(C)C)cc1)CC2. The van der Waals surface area contributed by atoms with Crippen molar-refractivity contribution in [2.24, 2.45) is 0 Å². The Hall–Kier alpha value is -3.91. The minimum atomic E-state index is -0.499. The summed E-state index contributed by atoms with van der Waals surface area (Å²) in [6.07, 6.45) is 0.963. The molecule has 1 amide bonds. The summed E-state index contributed by atoms with van der Waals surface area (Å²) in [5, 5.41) is 3.52. The number of carbonyl (C=O) groups excluding carboxylic acids is 1. The molecule has 1 atom stereocenters. The van der Waals surface area contributed by atoms with Crippen LogP contribution in [0.4, 0.5) is 5.69 Å². The molecule has 0 saturated carbocycles. The minimum Gasteiger partial charge on any atom is -0.493 e. The van der Waals surface area contributed by atoms with Crippen LogP contribution in [0, 0.1) is 0 Å². The Bertz CT molecular complexity index is 1420. The molecule has 1 aliphatic carbocycles. The Morgan fingerprint density at radius 2 is 1.58 bits per heavy atom. The van der Waals surface area contributed by atoms with Gasteiger partial charge in [-0.25, -0.2) is 0 Å². The first-order valence-electron chi connectivity index (χ1n) is 12.1. The second kappa shape index (κ2) is 11.2. The van der Waals surface area contributed by atoms with Crippen LogP contribution in [0.2, 0.25) is 5.02 Å². The second-order valence-electron chi connectivity index (χ2n) is 9.05. The lowest BCUT2D eigenvalue weighted by Crippen LogP contribution is -2.29. The van der Waals surface area contributed by atoms with Crippen LogP contribution >= 0.6 is 11.6 Å². The standard InChI is InChI=1S/C29H31ClN2O6/c1-32(2)17-9-7-16(8-10-17)29(34)31-21-13-11-19-24(18-12-14-23(35-3)22(33)15-20(18)21)26(36-4)28(38-6)27(37-5)25(19)30/h7-10,12,14-15,21H,11,13H2,1-6H3,(H,31,34)/t21-/m0/s1. The minimum absolute atomic E-state index is 0.175. The second-order valence-corrected chi connectivity index (χ2v) is 9.43. The fraction of sp³-hybridized carbons (Fsp3) is 0.310. The molecule has 200 valence electrons. The van der Waals surface area contributed by atoms with Gasteiger partial charge < -0.3 is 29.2 Å². The van der Waals surface area contributed by atoms with Crippen LogP contribution in [0.5, 0.6) is 23.0 Å². The molecule has 0 spiro atoms.